The van der Waals surface area contributed by atoms with Gasteiger partial charge in [0, 0.05) is 16.6 Å². The summed E-state index contributed by atoms with van der Waals surface area (Å²) in [4.78, 5) is 27.4. The van der Waals surface area contributed by atoms with E-state index < -0.39 is 6.04 Å². The normalized spacial score (nSPS) is 14.0. The fourth-order valence-corrected chi connectivity index (χ4v) is 3.55. The van der Waals surface area contributed by atoms with Crippen LogP contribution >= 0.6 is 0 Å². The minimum Gasteiger partial charge on any atom is -0.324 e. The van der Waals surface area contributed by atoms with Crippen molar-refractivity contribution < 1.29 is 9.59 Å². The van der Waals surface area contributed by atoms with E-state index in [9.17, 15) is 9.59 Å². The van der Waals surface area contributed by atoms with Crippen molar-refractivity contribution in [3.8, 4) is 0 Å². The van der Waals surface area contributed by atoms with Crippen molar-refractivity contribution in [2.45, 2.75) is 26.8 Å². The summed E-state index contributed by atoms with van der Waals surface area (Å²) in [5, 5.41) is 4.91. The van der Waals surface area contributed by atoms with Gasteiger partial charge in [0.1, 0.15) is 6.04 Å². The third kappa shape index (κ3) is 2.46. The Morgan fingerprint density at radius 2 is 1.77 bits per heavy atom. The quantitative estimate of drug-likeness (QED) is 0.763. The molecule has 4 nitrogen and oxygen atoms in total. The van der Waals surface area contributed by atoms with Crippen LogP contribution in [0.3, 0.4) is 0 Å². The van der Waals surface area contributed by atoms with Gasteiger partial charge < -0.3 is 5.32 Å². The average Bonchev–Trinajstić information content (AvgIpc) is 2.92. The Labute approximate surface area is 152 Å². The lowest BCUT2D eigenvalue weighted by Crippen LogP contribution is -2.44. The van der Waals surface area contributed by atoms with Gasteiger partial charge in [0.05, 0.1) is 5.69 Å². The highest BCUT2D eigenvalue weighted by Crippen LogP contribution is 2.38. The fraction of sp³-hybridized carbons (Fsp3) is 0.182. The van der Waals surface area contributed by atoms with E-state index in [0.29, 0.717) is 5.56 Å². The molecule has 0 bridgehead atoms. The Balaban J connectivity index is 1.68. The van der Waals surface area contributed by atoms with Crippen LogP contribution in [0, 0.1) is 13.8 Å². The molecule has 0 fully saturated rings. The van der Waals surface area contributed by atoms with Crippen LogP contribution in [0.5, 0.6) is 0 Å². The number of nitrogens with one attached hydrogen (secondary N) is 1. The third-order valence-corrected chi connectivity index (χ3v) is 5.01. The summed E-state index contributed by atoms with van der Waals surface area (Å²) in [6, 6.07) is 16.8. The summed E-state index contributed by atoms with van der Waals surface area (Å²) >= 11 is 0. The Morgan fingerprint density at radius 3 is 2.54 bits per heavy atom. The second-order valence-corrected chi connectivity index (χ2v) is 6.84. The van der Waals surface area contributed by atoms with Crippen LogP contribution < -0.4 is 10.2 Å². The van der Waals surface area contributed by atoms with Crippen LogP contribution in [-0.2, 0) is 4.79 Å². The zero-order chi connectivity index (χ0) is 18.4. The van der Waals surface area contributed by atoms with E-state index in [1.54, 1.807) is 11.8 Å². The Morgan fingerprint density at radius 1 is 1.04 bits per heavy atom. The molecule has 0 aromatic heterocycles. The maximum atomic E-state index is 12.9. The topological polar surface area (TPSA) is 49.4 Å². The van der Waals surface area contributed by atoms with Crippen molar-refractivity contribution >= 4 is 34.0 Å². The summed E-state index contributed by atoms with van der Waals surface area (Å²) in [5.41, 5.74) is 4.31. The molecular formula is C22H20N2O2. The summed E-state index contributed by atoms with van der Waals surface area (Å²) in [7, 11) is 0. The lowest BCUT2D eigenvalue weighted by atomic mass is 10.1. The number of aryl methyl sites for hydroxylation is 2. The Hall–Kier alpha value is -3.14. The van der Waals surface area contributed by atoms with E-state index in [0.717, 1.165) is 33.3 Å². The number of hydrogen-bond acceptors (Lipinski definition) is 2. The number of benzene rings is 3. The molecule has 4 rings (SSSR count). The predicted molar refractivity (Wildman–Crippen MR) is 105 cm³/mol. The van der Waals surface area contributed by atoms with Crippen molar-refractivity contribution in [3.05, 3.63) is 71.3 Å². The summed E-state index contributed by atoms with van der Waals surface area (Å²) < 4.78 is 0. The maximum Gasteiger partial charge on any atom is 0.259 e. The van der Waals surface area contributed by atoms with Gasteiger partial charge in [-0.1, -0.05) is 36.4 Å². The van der Waals surface area contributed by atoms with E-state index >= 15 is 0 Å². The van der Waals surface area contributed by atoms with Gasteiger partial charge in [-0.15, -0.1) is 0 Å². The van der Waals surface area contributed by atoms with Crippen LogP contribution in [0.25, 0.3) is 10.8 Å². The number of amides is 2. The molecule has 0 saturated heterocycles. The highest BCUT2D eigenvalue weighted by Gasteiger charge is 2.35. The zero-order valence-electron chi connectivity index (χ0n) is 15.0. The summed E-state index contributed by atoms with van der Waals surface area (Å²) in [6.45, 7) is 5.71. The maximum absolute atomic E-state index is 12.9. The number of carbonyl (C=O) groups excluding carboxylic acids is 2. The SMILES string of the molecule is Cc1ccc(C)c(NC(=O)C(C)N2C(=O)c3cccc4cccc2c34)c1. The van der Waals surface area contributed by atoms with Crippen LogP contribution in [0.15, 0.2) is 54.6 Å². The monoisotopic (exact) mass is 344 g/mol. The molecule has 0 radical (unpaired) electrons. The molecular weight excluding hydrogens is 324 g/mol. The summed E-state index contributed by atoms with van der Waals surface area (Å²) in [6.07, 6.45) is 0. The minimum absolute atomic E-state index is 0.125. The first-order chi connectivity index (χ1) is 12.5. The van der Waals surface area contributed by atoms with E-state index in [-0.39, 0.29) is 11.8 Å². The molecule has 1 aliphatic heterocycles. The molecule has 0 saturated carbocycles. The van der Waals surface area contributed by atoms with Gasteiger partial charge >= 0.3 is 0 Å². The first-order valence-electron chi connectivity index (χ1n) is 8.71. The van der Waals surface area contributed by atoms with Gasteiger partial charge in [-0.2, -0.15) is 0 Å². The number of rotatable bonds is 3. The van der Waals surface area contributed by atoms with Crippen molar-refractivity contribution in [2.24, 2.45) is 0 Å². The molecule has 4 heteroatoms. The second-order valence-electron chi connectivity index (χ2n) is 6.84. The van der Waals surface area contributed by atoms with Gasteiger partial charge in [-0.05, 0) is 55.5 Å². The fourth-order valence-electron chi connectivity index (χ4n) is 3.55. The van der Waals surface area contributed by atoms with Crippen LogP contribution in [-0.4, -0.2) is 17.9 Å². The Bertz CT molecular complexity index is 1050. The van der Waals surface area contributed by atoms with E-state index in [1.165, 1.54) is 0 Å². The summed E-state index contributed by atoms with van der Waals surface area (Å²) in [5.74, 6) is -0.322. The van der Waals surface area contributed by atoms with Gasteiger partial charge in [0.25, 0.3) is 5.91 Å². The predicted octanol–water partition coefficient (Wildman–Crippen LogP) is 4.44. The highest BCUT2D eigenvalue weighted by atomic mass is 16.2. The number of carbonyl (C=O) groups is 2. The first kappa shape index (κ1) is 16.3. The van der Waals surface area contributed by atoms with Crippen molar-refractivity contribution in [1.82, 2.24) is 0 Å². The first-order valence-corrected chi connectivity index (χ1v) is 8.71. The standard InChI is InChI=1S/C22H20N2O2/c1-13-10-11-14(2)18(12-13)23-21(25)15(3)24-19-9-5-7-16-6-4-8-17(20(16)19)22(24)26/h4-12,15H,1-3H3,(H,23,25). The molecule has 1 heterocycles. The van der Waals surface area contributed by atoms with Gasteiger partial charge in [0.15, 0.2) is 0 Å². The van der Waals surface area contributed by atoms with Crippen LogP contribution in [0.2, 0.25) is 0 Å². The second kappa shape index (κ2) is 5.99. The molecule has 26 heavy (non-hydrogen) atoms. The van der Waals surface area contributed by atoms with Gasteiger partial charge in [-0.3, -0.25) is 14.5 Å². The van der Waals surface area contributed by atoms with E-state index in [1.807, 2.05) is 68.4 Å². The largest absolute Gasteiger partial charge is 0.324 e. The molecule has 3 aromatic carbocycles. The molecule has 130 valence electrons. The molecule has 1 atom stereocenters. The van der Waals surface area contributed by atoms with Gasteiger partial charge in [0.2, 0.25) is 5.91 Å². The molecule has 2 amide bonds. The van der Waals surface area contributed by atoms with Crippen LogP contribution in [0.1, 0.15) is 28.4 Å². The minimum atomic E-state index is -0.611. The lowest BCUT2D eigenvalue weighted by molar-refractivity contribution is -0.117. The van der Waals surface area contributed by atoms with E-state index in [4.69, 9.17) is 0 Å². The molecule has 3 aromatic rings. The molecule has 1 N–H and O–H groups in total. The van der Waals surface area contributed by atoms with E-state index in [2.05, 4.69) is 5.32 Å². The third-order valence-electron chi connectivity index (χ3n) is 5.01. The van der Waals surface area contributed by atoms with Gasteiger partial charge in [-0.25, -0.2) is 0 Å². The molecule has 0 spiro atoms. The molecule has 1 unspecified atom stereocenters. The van der Waals surface area contributed by atoms with Crippen molar-refractivity contribution in [3.63, 3.8) is 0 Å². The average molecular weight is 344 g/mol. The highest BCUT2D eigenvalue weighted by molar-refractivity contribution is 6.27. The van der Waals surface area contributed by atoms with Crippen molar-refractivity contribution in [2.75, 3.05) is 10.2 Å². The lowest BCUT2D eigenvalue weighted by Gasteiger charge is -2.25. The number of anilines is 2. The molecule has 1 aliphatic rings. The molecule has 0 aliphatic carbocycles. The Kier molecular flexibility index (Phi) is 3.76. The van der Waals surface area contributed by atoms with Crippen LogP contribution in [0.4, 0.5) is 11.4 Å². The smallest absolute Gasteiger partial charge is 0.259 e. The number of hydrogen-bond donors (Lipinski definition) is 1. The van der Waals surface area contributed by atoms with Crippen molar-refractivity contribution in [1.29, 1.82) is 0 Å². The zero-order valence-corrected chi connectivity index (χ0v) is 15.0. The number of nitrogens with zero attached hydrogens (tertiary/aromatic N) is 1.